The molecule has 0 radical (unpaired) electrons. The Hall–Kier alpha value is 0. The fourth-order valence-corrected chi connectivity index (χ4v) is 4.02. The quantitative estimate of drug-likeness (QED) is 0.266. The zero-order valence-corrected chi connectivity index (χ0v) is 22.3. The van der Waals surface area contributed by atoms with E-state index in [1.54, 1.807) is 0 Å². The van der Waals surface area contributed by atoms with E-state index >= 15 is 0 Å². The second kappa shape index (κ2) is 19.9. The van der Waals surface area contributed by atoms with Crippen molar-refractivity contribution in [3.05, 3.63) is 0 Å². The van der Waals surface area contributed by atoms with E-state index in [9.17, 15) is 0 Å². The van der Waals surface area contributed by atoms with E-state index in [1.165, 1.54) is 51.4 Å². The van der Waals surface area contributed by atoms with Gasteiger partial charge in [0.25, 0.3) is 0 Å². The Bertz CT molecular complexity index is 308. The summed E-state index contributed by atoms with van der Waals surface area (Å²) in [6.45, 7) is 28.2. The Kier molecular flexibility index (Phi) is 23.1. The third kappa shape index (κ3) is 24.1. The second-order valence-electron chi connectivity index (χ2n) is 11.9. The highest BCUT2D eigenvalue weighted by Crippen LogP contribution is 2.27. The zero-order valence-electron chi connectivity index (χ0n) is 22.3. The summed E-state index contributed by atoms with van der Waals surface area (Å²) in [5.41, 5.74) is 0. The van der Waals surface area contributed by atoms with E-state index in [0.29, 0.717) is 0 Å². The SMILES string of the molecule is C.CC(C)CCC(CC(C)C)C(C)C.CC(C)CCCC(CCC(C)C)C(C)C. The van der Waals surface area contributed by atoms with Crippen LogP contribution in [0.2, 0.25) is 0 Å². The molecule has 2 atom stereocenters. The maximum atomic E-state index is 2.39. The summed E-state index contributed by atoms with van der Waals surface area (Å²) < 4.78 is 0. The molecule has 0 N–H and O–H groups in total. The van der Waals surface area contributed by atoms with Crippen LogP contribution >= 0.6 is 0 Å². The standard InChI is InChI=1S/C15H32.C13H28.CH4/c1-12(2)8-7-9-15(14(5)6)11-10-13(3)4;1-10(2)7-8-13(12(5)6)9-11(3)4;/h12-15H,7-11H2,1-6H3;10-13H,7-9H2,1-6H3;1H4. The van der Waals surface area contributed by atoms with Crippen LogP contribution in [0.5, 0.6) is 0 Å². The fourth-order valence-electron chi connectivity index (χ4n) is 4.02. The molecule has 0 bridgehead atoms. The van der Waals surface area contributed by atoms with E-state index in [0.717, 1.165) is 47.3 Å². The van der Waals surface area contributed by atoms with Gasteiger partial charge in [-0.2, -0.15) is 0 Å². The fraction of sp³-hybridized carbons (Fsp3) is 1.00. The Labute approximate surface area is 189 Å². The van der Waals surface area contributed by atoms with Crippen LogP contribution < -0.4 is 0 Å². The van der Waals surface area contributed by atoms with Gasteiger partial charge in [0, 0.05) is 0 Å². The van der Waals surface area contributed by atoms with Crippen molar-refractivity contribution in [1.29, 1.82) is 0 Å². The van der Waals surface area contributed by atoms with Crippen molar-refractivity contribution < 1.29 is 0 Å². The van der Waals surface area contributed by atoms with Gasteiger partial charge in [-0.3, -0.25) is 0 Å². The molecule has 0 aliphatic rings. The predicted octanol–water partition coefficient (Wildman–Crippen LogP) is 10.9. The van der Waals surface area contributed by atoms with E-state index in [4.69, 9.17) is 0 Å². The molecule has 0 aromatic heterocycles. The van der Waals surface area contributed by atoms with Gasteiger partial charge in [0.15, 0.2) is 0 Å². The summed E-state index contributed by atoms with van der Waals surface area (Å²) in [6.07, 6.45) is 11.4. The lowest BCUT2D eigenvalue weighted by Crippen LogP contribution is -2.12. The van der Waals surface area contributed by atoms with Crippen LogP contribution in [0, 0.1) is 47.3 Å². The van der Waals surface area contributed by atoms with E-state index in [2.05, 4.69) is 83.1 Å². The average molecular weight is 413 g/mol. The Morgan fingerprint density at radius 1 is 0.379 bits per heavy atom. The molecule has 0 saturated carbocycles. The molecule has 29 heavy (non-hydrogen) atoms. The lowest BCUT2D eigenvalue weighted by molar-refractivity contribution is 0.280. The van der Waals surface area contributed by atoms with Gasteiger partial charge in [-0.05, 0) is 66.6 Å². The minimum atomic E-state index is 0. The lowest BCUT2D eigenvalue weighted by atomic mass is 9.83. The van der Waals surface area contributed by atoms with Crippen molar-refractivity contribution >= 4 is 0 Å². The van der Waals surface area contributed by atoms with Gasteiger partial charge >= 0.3 is 0 Å². The van der Waals surface area contributed by atoms with E-state index < -0.39 is 0 Å². The molecule has 0 aromatic carbocycles. The van der Waals surface area contributed by atoms with Gasteiger partial charge in [0.05, 0.1) is 0 Å². The van der Waals surface area contributed by atoms with Crippen LogP contribution in [0.25, 0.3) is 0 Å². The second-order valence-corrected chi connectivity index (χ2v) is 11.9. The first kappa shape index (κ1) is 33.6. The zero-order chi connectivity index (χ0) is 22.3. The average Bonchev–Trinajstić information content (AvgIpc) is 2.53. The molecule has 0 heteroatoms. The van der Waals surface area contributed by atoms with E-state index in [-0.39, 0.29) is 7.43 Å². The van der Waals surface area contributed by atoms with Gasteiger partial charge in [0.1, 0.15) is 0 Å². The molecule has 0 amide bonds. The monoisotopic (exact) mass is 413 g/mol. The minimum Gasteiger partial charge on any atom is -0.0776 e. The smallest absolute Gasteiger partial charge is 0.0389 e. The highest BCUT2D eigenvalue weighted by molar-refractivity contribution is 4.66. The number of hydrogen-bond acceptors (Lipinski definition) is 0. The van der Waals surface area contributed by atoms with Crippen molar-refractivity contribution in [2.24, 2.45) is 47.3 Å². The van der Waals surface area contributed by atoms with Crippen molar-refractivity contribution in [1.82, 2.24) is 0 Å². The molecule has 0 nitrogen and oxygen atoms in total. The summed E-state index contributed by atoms with van der Waals surface area (Å²) in [7, 11) is 0. The molecular formula is C29H64. The molecule has 0 spiro atoms. The van der Waals surface area contributed by atoms with Crippen LogP contribution in [0.15, 0.2) is 0 Å². The first-order valence-corrected chi connectivity index (χ1v) is 12.9. The molecule has 2 unspecified atom stereocenters. The van der Waals surface area contributed by atoms with Gasteiger partial charge in [-0.25, -0.2) is 0 Å². The normalized spacial score (nSPS) is 13.9. The minimum absolute atomic E-state index is 0. The molecule has 180 valence electrons. The van der Waals surface area contributed by atoms with Crippen LogP contribution in [0.4, 0.5) is 0 Å². The van der Waals surface area contributed by atoms with Gasteiger partial charge in [-0.1, -0.05) is 123 Å². The first-order chi connectivity index (χ1) is 12.9. The molecule has 0 aliphatic heterocycles. The Morgan fingerprint density at radius 3 is 1.07 bits per heavy atom. The number of hydrogen-bond donors (Lipinski definition) is 0. The summed E-state index contributed by atoms with van der Waals surface area (Å²) in [5, 5.41) is 0. The molecule has 0 heterocycles. The van der Waals surface area contributed by atoms with Gasteiger partial charge in [0.2, 0.25) is 0 Å². The van der Waals surface area contributed by atoms with Gasteiger partial charge < -0.3 is 0 Å². The first-order valence-electron chi connectivity index (χ1n) is 12.9. The van der Waals surface area contributed by atoms with Crippen LogP contribution in [-0.2, 0) is 0 Å². The summed E-state index contributed by atoms with van der Waals surface area (Å²) >= 11 is 0. The van der Waals surface area contributed by atoms with Crippen LogP contribution in [0.3, 0.4) is 0 Å². The van der Waals surface area contributed by atoms with Crippen molar-refractivity contribution in [3.63, 3.8) is 0 Å². The van der Waals surface area contributed by atoms with Crippen molar-refractivity contribution in [2.45, 2.75) is 142 Å². The molecule has 0 saturated heterocycles. The molecule has 0 aliphatic carbocycles. The van der Waals surface area contributed by atoms with Gasteiger partial charge in [-0.15, -0.1) is 0 Å². The third-order valence-electron chi connectivity index (χ3n) is 6.25. The van der Waals surface area contributed by atoms with Crippen LogP contribution in [0.1, 0.15) is 142 Å². The van der Waals surface area contributed by atoms with E-state index in [1.807, 2.05) is 0 Å². The maximum Gasteiger partial charge on any atom is -0.0389 e. The summed E-state index contributed by atoms with van der Waals surface area (Å²) in [4.78, 5) is 0. The maximum absolute atomic E-state index is 2.39. The molecule has 0 rings (SSSR count). The highest BCUT2D eigenvalue weighted by Gasteiger charge is 2.15. The molecule has 0 aromatic rings. The largest absolute Gasteiger partial charge is 0.0776 e. The Morgan fingerprint density at radius 2 is 0.759 bits per heavy atom. The predicted molar refractivity (Wildman–Crippen MR) is 140 cm³/mol. The molecular weight excluding hydrogens is 348 g/mol. The number of rotatable bonds is 14. The van der Waals surface area contributed by atoms with Crippen LogP contribution in [-0.4, -0.2) is 0 Å². The topological polar surface area (TPSA) is 0 Å². The summed E-state index contributed by atoms with van der Waals surface area (Å²) in [5.74, 6) is 7.12. The highest BCUT2D eigenvalue weighted by atomic mass is 14.2. The lowest BCUT2D eigenvalue weighted by Gasteiger charge is -2.23. The van der Waals surface area contributed by atoms with Crippen molar-refractivity contribution in [2.75, 3.05) is 0 Å². The summed E-state index contributed by atoms with van der Waals surface area (Å²) in [6, 6.07) is 0. The third-order valence-corrected chi connectivity index (χ3v) is 6.25. The Balaban J connectivity index is -0.000000455. The molecule has 0 fully saturated rings. The van der Waals surface area contributed by atoms with Crippen molar-refractivity contribution in [3.8, 4) is 0 Å².